The second kappa shape index (κ2) is 5.30. The summed E-state index contributed by atoms with van der Waals surface area (Å²) in [5, 5.41) is 21.3. The van der Waals surface area contributed by atoms with Crippen LogP contribution >= 0.6 is 0 Å². The van der Waals surface area contributed by atoms with E-state index in [1.165, 1.54) is 25.1 Å². The molecule has 2 rings (SSSR count). The molecule has 19 heavy (non-hydrogen) atoms. The summed E-state index contributed by atoms with van der Waals surface area (Å²) in [6.07, 6.45) is 0. The summed E-state index contributed by atoms with van der Waals surface area (Å²) >= 11 is 0. The lowest BCUT2D eigenvalue weighted by atomic mass is 10.3. The molecule has 0 bridgehead atoms. The minimum Gasteiger partial charge on any atom is -0.508 e. The summed E-state index contributed by atoms with van der Waals surface area (Å²) in [6.45, 7) is 1.43. The van der Waals surface area contributed by atoms with E-state index in [0.29, 0.717) is 17.2 Å². The van der Waals surface area contributed by atoms with Gasteiger partial charge in [-0.25, -0.2) is 0 Å². The van der Waals surface area contributed by atoms with Crippen molar-refractivity contribution < 1.29 is 19.7 Å². The molecule has 2 aromatic carbocycles. The van der Waals surface area contributed by atoms with E-state index in [-0.39, 0.29) is 17.4 Å². The van der Waals surface area contributed by atoms with Crippen LogP contribution < -0.4 is 10.1 Å². The quantitative estimate of drug-likeness (QED) is 0.792. The Kier molecular flexibility index (Phi) is 3.56. The highest BCUT2D eigenvalue weighted by Crippen LogP contribution is 2.29. The number of aromatic hydroxyl groups is 2. The van der Waals surface area contributed by atoms with Crippen molar-refractivity contribution in [1.82, 2.24) is 0 Å². The smallest absolute Gasteiger partial charge is 0.221 e. The Morgan fingerprint density at radius 2 is 1.58 bits per heavy atom. The molecule has 5 heteroatoms. The van der Waals surface area contributed by atoms with Crippen LogP contribution in [0.4, 0.5) is 5.69 Å². The SMILES string of the molecule is CC(=O)Nc1ccc(Oc2cc(O)cc(O)c2)cc1. The Bertz CT molecular complexity index is 573. The van der Waals surface area contributed by atoms with E-state index in [1.807, 2.05) is 0 Å². The molecule has 98 valence electrons. The highest BCUT2D eigenvalue weighted by Gasteiger charge is 2.02. The van der Waals surface area contributed by atoms with Crippen LogP contribution in [0.25, 0.3) is 0 Å². The number of rotatable bonds is 3. The van der Waals surface area contributed by atoms with Crippen LogP contribution in [0.1, 0.15) is 6.92 Å². The Morgan fingerprint density at radius 3 is 2.11 bits per heavy atom. The van der Waals surface area contributed by atoms with Crippen LogP contribution in [0.15, 0.2) is 42.5 Å². The molecule has 0 fully saturated rings. The lowest BCUT2D eigenvalue weighted by Crippen LogP contribution is -2.05. The summed E-state index contributed by atoms with van der Waals surface area (Å²) < 4.78 is 5.47. The number of hydrogen-bond acceptors (Lipinski definition) is 4. The fourth-order valence-corrected chi connectivity index (χ4v) is 1.57. The van der Waals surface area contributed by atoms with Crippen LogP contribution in [-0.2, 0) is 4.79 Å². The van der Waals surface area contributed by atoms with Crippen molar-refractivity contribution in [3.8, 4) is 23.0 Å². The van der Waals surface area contributed by atoms with Gasteiger partial charge in [0.15, 0.2) is 0 Å². The predicted octanol–water partition coefficient (Wildman–Crippen LogP) is 2.85. The maximum absolute atomic E-state index is 10.9. The molecule has 0 saturated heterocycles. The maximum Gasteiger partial charge on any atom is 0.221 e. The third kappa shape index (κ3) is 3.64. The number of hydrogen-bond donors (Lipinski definition) is 3. The van der Waals surface area contributed by atoms with E-state index in [4.69, 9.17) is 4.74 Å². The molecular formula is C14H13NO4. The van der Waals surface area contributed by atoms with E-state index < -0.39 is 0 Å². The highest BCUT2D eigenvalue weighted by molar-refractivity contribution is 5.88. The molecule has 0 radical (unpaired) electrons. The van der Waals surface area contributed by atoms with Crippen LogP contribution in [0.3, 0.4) is 0 Å². The van der Waals surface area contributed by atoms with E-state index >= 15 is 0 Å². The summed E-state index contributed by atoms with van der Waals surface area (Å²) in [4.78, 5) is 10.9. The Hall–Kier alpha value is -2.69. The van der Waals surface area contributed by atoms with Crippen LogP contribution in [0.2, 0.25) is 0 Å². The number of phenolic OH excluding ortho intramolecular Hbond substituents is 2. The number of amides is 1. The van der Waals surface area contributed by atoms with Gasteiger partial charge in [-0.2, -0.15) is 0 Å². The lowest BCUT2D eigenvalue weighted by Gasteiger charge is -2.08. The van der Waals surface area contributed by atoms with Crippen LogP contribution in [0, 0.1) is 0 Å². The first kappa shape index (κ1) is 12.8. The molecular weight excluding hydrogens is 246 g/mol. The molecule has 2 aromatic rings. The molecule has 0 aliphatic rings. The Morgan fingerprint density at radius 1 is 1.00 bits per heavy atom. The summed E-state index contributed by atoms with van der Waals surface area (Å²) in [5.74, 6) is 0.546. The number of anilines is 1. The van der Waals surface area contributed by atoms with E-state index in [2.05, 4.69) is 5.32 Å². The van der Waals surface area contributed by atoms with E-state index in [0.717, 1.165) is 0 Å². The Labute approximate surface area is 110 Å². The standard InChI is InChI=1S/C14H13NO4/c1-9(16)15-10-2-4-13(5-3-10)19-14-7-11(17)6-12(18)8-14/h2-8,17-18H,1H3,(H,15,16). The minimum absolute atomic E-state index is 0.0788. The van der Waals surface area contributed by atoms with Gasteiger partial charge in [0.25, 0.3) is 0 Å². The molecule has 0 atom stereocenters. The molecule has 1 amide bonds. The first-order chi connectivity index (χ1) is 9.02. The molecule has 0 aliphatic carbocycles. The minimum atomic E-state index is -0.147. The fourth-order valence-electron chi connectivity index (χ4n) is 1.57. The molecule has 0 aromatic heterocycles. The van der Waals surface area contributed by atoms with E-state index in [9.17, 15) is 15.0 Å². The average molecular weight is 259 g/mol. The van der Waals surface area contributed by atoms with Crippen molar-refractivity contribution in [1.29, 1.82) is 0 Å². The number of ether oxygens (including phenoxy) is 1. The van der Waals surface area contributed by atoms with Gasteiger partial charge in [0.2, 0.25) is 5.91 Å². The van der Waals surface area contributed by atoms with Crippen molar-refractivity contribution in [3.05, 3.63) is 42.5 Å². The zero-order valence-electron chi connectivity index (χ0n) is 10.3. The van der Waals surface area contributed by atoms with Crippen molar-refractivity contribution in [3.63, 3.8) is 0 Å². The predicted molar refractivity (Wildman–Crippen MR) is 70.6 cm³/mol. The van der Waals surface area contributed by atoms with Gasteiger partial charge in [-0.1, -0.05) is 0 Å². The van der Waals surface area contributed by atoms with Gasteiger partial charge in [-0.05, 0) is 24.3 Å². The summed E-state index contributed by atoms with van der Waals surface area (Å²) in [5.41, 5.74) is 0.665. The number of nitrogens with one attached hydrogen (secondary N) is 1. The normalized spacial score (nSPS) is 9.95. The van der Waals surface area contributed by atoms with Gasteiger partial charge in [-0.3, -0.25) is 4.79 Å². The largest absolute Gasteiger partial charge is 0.508 e. The molecule has 0 spiro atoms. The topological polar surface area (TPSA) is 78.8 Å². The van der Waals surface area contributed by atoms with Crippen molar-refractivity contribution in [2.24, 2.45) is 0 Å². The molecule has 3 N–H and O–H groups in total. The third-order valence-electron chi connectivity index (χ3n) is 2.29. The molecule has 0 heterocycles. The van der Waals surface area contributed by atoms with Crippen LogP contribution in [-0.4, -0.2) is 16.1 Å². The average Bonchev–Trinajstić information content (AvgIpc) is 2.29. The summed E-state index contributed by atoms with van der Waals surface area (Å²) in [7, 11) is 0. The number of carbonyl (C=O) groups is 1. The second-order valence-electron chi connectivity index (χ2n) is 3.99. The van der Waals surface area contributed by atoms with Gasteiger partial charge in [0.05, 0.1) is 0 Å². The second-order valence-corrected chi connectivity index (χ2v) is 3.99. The molecule has 5 nitrogen and oxygen atoms in total. The van der Waals surface area contributed by atoms with Gasteiger partial charge in [0, 0.05) is 30.8 Å². The monoisotopic (exact) mass is 259 g/mol. The maximum atomic E-state index is 10.9. The van der Waals surface area contributed by atoms with Crippen molar-refractivity contribution in [2.75, 3.05) is 5.32 Å². The number of carbonyl (C=O) groups excluding carboxylic acids is 1. The van der Waals surface area contributed by atoms with Gasteiger partial charge in [-0.15, -0.1) is 0 Å². The number of phenols is 2. The van der Waals surface area contributed by atoms with Crippen molar-refractivity contribution >= 4 is 11.6 Å². The molecule has 0 unspecified atom stereocenters. The summed E-state index contributed by atoms with van der Waals surface area (Å²) in [6, 6.07) is 10.7. The zero-order valence-corrected chi connectivity index (χ0v) is 10.3. The van der Waals surface area contributed by atoms with E-state index in [1.54, 1.807) is 24.3 Å². The first-order valence-corrected chi connectivity index (χ1v) is 5.61. The lowest BCUT2D eigenvalue weighted by molar-refractivity contribution is -0.114. The van der Waals surface area contributed by atoms with Gasteiger partial charge in [0.1, 0.15) is 23.0 Å². The number of benzene rings is 2. The molecule has 0 saturated carbocycles. The van der Waals surface area contributed by atoms with Gasteiger partial charge >= 0.3 is 0 Å². The zero-order chi connectivity index (χ0) is 13.8. The van der Waals surface area contributed by atoms with Gasteiger partial charge < -0.3 is 20.3 Å². The van der Waals surface area contributed by atoms with Crippen molar-refractivity contribution in [2.45, 2.75) is 6.92 Å². The van der Waals surface area contributed by atoms with Crippen LogP contribution in [0.5, 0.6) is 23.0 Å². The molecule has 0 aliphatic heterocycles. The highest BCUT2D eigenvalue weighted by atomic mass is 16.5. The fraction of sp³-hybridized carbons (Fsp3) is 0.0714. The third-order valence-corrected chi connectivity index (χ3v) is 2.29. The Balaban J connectivity index is 2.12. The first-order valence-electron chi connectivity index (χ1n) is 5.61.